The van der Waals surface area contributed by atoms with E-state index in [4.69, 9.17) is 0 Å². The molecule has 31 heavy (non-hydrogen) atoms. The number of nitrogens with one attached hydrogen (secondary N) is 2. The lowest BCUT2D eigenvalue weighted by Gasteiger charge is -2.14. The van der Waals surface area contributed by atoms with E-state index in [0.717, 1.165) is 11.1 Å². The quantitative estimate of drug-likeness (QED) is 0.512. The fourth-order valence-electron chi connectivity index (χ4n) is 3.26. The Kier molecular flexibility index (Phi) is 7.20. The molecule has 0 radical (unpaired) electrons. The Morgan fingerprint density at radius 1 is 1.03 bits per heavy atom. The SMILES string of the molecule is Cc1ccccc1C(O)CNC(=O)C(=O)Nc1ccnn1Cc1ccc(C(C)C)cc1. The van der Waals surface area contributed by atoms with Crippen LogP contribution in [0, 0.1) is 6.92 Å². The van der Waals surface area contributed by atoms with Crippen LogP contribution in [0.5, 0.6) is 0 Å². The van der Waals surface area contributed by atoms with E-state index in [1.807, 2.05) is 37.3 Å². The summed E-state index contributed by atoms with van der Waals surface area (Å²) >= 11 is 0. The summed E-state index contributed by atoms with van der Waals surface area (Å²) in [5.74, 6) is -0.750. The van der Waals surface area contributed by atoms with Crippen LogP contribution < -0.4 is 10.6 Å². The Morgan fingerprint density at radius 2 is 1.74 bits per heavy atom. The largest absolute Gasteiger partial charge is 0.387 e. The van der Waals surface area contributed by atoms with E-state index in [1.165, 1.54) is 5.56 Å². The monoisotopic (exact) mass is 420 g/mol. The molecule has 162 valence electrons. The van der Waals surface area contributed by atoms with Gasteiger partial charge in [0.25, 0.3) is 0 Å². The summed E-state index contributed by atoms with van der Waals surface area (Å²) in [5.41, 5.74) is 3.92. The summed E-state index contributed by atoms with van der Waals surface area (Å²) in [7, 11) is 0. The molecular weight excluding hydrogens is 392 g/mol. The van der Waals surface area contributed by atoms with Crippen molar-refractivity contribution in [3.8, 4) is 0 Å². The smallest absolute Gasteiger partial charge is 0.314 e. The number of carbonyl (C=O) groups is 2. The number of carbonyl (C=O) groups excluding carboxylic acids is 2. The molecule has 3 N–H and O–H groups in total. The molecule has 0 aliphatic heterocycles. The topological polar surface area (TPSA) is 96.2 Å². The van der Waals surface area contributed by atoms with Crippen LogP contribution in [0.3, 0.4) is 0 Å². The molecule has 1 atom stereocenters. The number of aliphatic hydroxyl groups is 1. The van der Waals surface area contributed by atoms with Crippen LogP contribution >= 0.6 is 0 Å². The van der Waals surface area contributed by atoms with Gasteiger partial charge >= 0.3 is 11.8 Å². The molecule has 3 rings (SSSR count). The van der Waals surface area contributed by atoms with Crippen LogP contribution in [0.2, 0.25) is 0 Å². The Bertz CT molecular complexity index is 1040. The van der Waals surface area contributed by atoms with Gasteiger partial charge in [0.1, 0.15) is 5.82 Å². The van der Waals surface area contributed by atoms with E-state index < -0.39 is 17.9 Å². The zero-order chi connectivity index (χ0) is 22.4. The van der Waals surface area contributed by atoms with Crippen molar-refractivity contribution in [3.63, 3.8) is 0 Å². The molecule has 0 saturated carbocycles. The second-order valence-electron chi connectivity index (χ2n) is 7.81. The number of rotatable bonds is 7. The summed E-state index contributed by atoms with van der Waals surface area (Å²) < 4.78 is 1.62. The molecule has 0 bridgehead atoms. The highest BCUT2D eigenvalue weighted by Crippen LogP contribution is 2.17. The number of aromatic nitrogens is 2. The molecule has 2 aromatic carbocycles. The minimum absolute atomic E-state index is 0.0570. The highest BCUT2D eigenvalue weighted by atomic mass is 16.3. The van der Waals surface area contributed by atoms with Crippen LogP contribution in [-0.2, 0) is 16.1 Å². The van der Waals surface area contributed by atoms with Crippen molar-refractivity contribution in [1.29, 1.82) is 0 Å². The first-order valence-corrected chi connectivity index (χ1v) is 10.3. The molecule has 0 saturated heterocycles. The molecular formula is C24H28N4O3. The zero-order valence-corrected chi connectivity index (χ0v) is 18.0. The van der Waals surface area contributed by atoms with Gasteiger partial charge in [-0.2, -0.15) is 5.10 Å². The van der Waals surface area contributed by atoms with Gasteiger partial charge in [0.15, 0.2) is 0 Å². The Labute approximate surface area is 182 Å². The lowest BCUT2D eigenvalue weighted by Crippen LogP contribution is -2.38. The molecule has 0 aliphatic carbocycles. The third-order valence-corrected chi connectivity index (χ3v) is 5.15. The maximum atomic E-state index is 12.3. The van der Waals surface area contributed by atoms with Gasteiger partial charge in [-0.1, -0.05) is 62.4 Å². The fraction of sp³-hybridized carbons (Fsp3) is 0.292. The van der Waals surface area contributed by atoms with E-state index in [2.05, 4.69) is 41.7 Å². The molecule has 7 nitrogen and oxygen atoms in total. The molecule has 1 unspecified atom stereocenters. The Hall–Kier alpha value is -3.45. The lowest BCUT2D eigenvalue weighted by atomic mass is 10.0. The molecule has 2 amide bonds. The van der Waals surface area contributed by atoms with E-state index in [0.29, 0.717) is 23.8 Å². The van der Waals surface area contributed by atoms with Crippen LogP contribution in [0.1, 0.15) is 48.1 Å². The second-order valence-corrected chi connectivity index (χ2v) is 7.81. The number of anilines is 1. The third-order valence-electron chi connectivity index (χ3n) is 5.15. The number of hydrogen-bond donors (Lipinski definition) is 3. The molecule has 7 heteroatoms. The minimum atomic E-state index is -0.891. The summed E-state index contributed by atoms with van der Waals surface area (Å²) in [6, 6.07) is 17.2. The van der Waals surface area contributed by atoms with E-state index in [9.17, 15) is 14.7 Å². The van der Waals surface area contributed by atoms with E-state index in [-0.39, 0.29) is 6.54 Å². The molecule has 0 aliphatic rings. The summed E-state index contributed by atoms with van der Waals surface area (Å²) in [6.45, 7) is 6.57. The van der Waals surface area contributed by atoms with Crippen molar-refractivity contribution >= 4 is 17.6 Å². The van der Waals surface area contributed by atoms with Crippen molar-refractivity contribution in [3.05, 3.63) is 83.0 Å². The molecule has 3 aromatic rings. The van der Waals surface area contributed by atoms with Crippen LogP contribution in [0.4, 0.5) is 5.82 Å². The van der Waals surface area contributed by atoms with Gasteiger partial charge in [-0.15, -0.1) is 0 Å². The number of amides is 2. The maximum absolute atomic E-state index is 12.3. The summed E-state index contributed by atoms with van der Waals surface area (Å²) in [6.07, 6.45) is 0.676. The average Bonchev–Trinajstić information content (AvgIpc) is 3.18. The zero-order valence-electron chi connectivity index (χ0n) is 18.0. The molecule has 1 heterocycles. The lowest BCUT2D eigenvalue weighted by molar-refractivity contribution is -0.136. The Morgan fingerprint density at radius 3 is 2.42 bits per heavy atom. The van der Waals surface area contributed by atoms with E-state index in [1.54, 1.807) is 23.0 Å². The van der Waals surface area contributed by atoms with Crippen molar-refractivity contribution in [2.24, 2.45) is 0 Å². The first-order chi connectivity index (χ1) is 14.8. The minimum Gasteiger partial charge on any atom is -0.387 e. The number of aliphatic hydroxyl groups excluding tert-OH is 1. The Balaban J connectivity index is 1.56. The predicted molar refractivity (Wildman–Crippen MR) is 120 cm³/mol. The van der Waals surface area contributed by atoms with E-state index >= 15 is 0 Å². The maximum Gasteiger partial charge on any atom is 0.314 e. The number of nitrogens with zero attached hydrogens (tertiary/aromatic N) is 2. The number of aryl methyl sites for hydroxylation is 1. The molecule has 0 spiro atoms. The highest BCUT2D eigenvalue weighted by Gasteiger charge is 2.18. The van der Waals surface area contributed by atoms with Crippen LogP contribution in [-0.4, -0.2) is 33.2 Å². The van der Waals surface area contributed by atoms with Gasteiger partial charge in [0.05, 0.1) is 18.8 Å². The normalized spacial score (nSPS) is 11.9. The van der Waals surface area contributed by atoms with Gasteiger partial charge in [-0.05, 0) is 35.1 Å². The highest BCUT2D eigenvalue weighted by molar-refractivity contribution is 6.39. The van der Waals surface area contributed by atoms with Crippen molar-refractivity contribution in [2.75, 3.05) is 11.9 Å². The van der Waals surface area contributed by atoms with Gasteiger partial charge in [0, 0.05) is 12.6 Å². The average molecular weight is 421 g/mol. The first kappa shape index (κ1) is 22.2. The van der Waals surface area contributed by atoms with Gasteiger partial charge in [0.2, 0.25) is 0 Å². The molecule has 1 aromatic heterocycles. The first-order valence-electron chi connectivity index (χ1n) is 10.3. The molecule has 0 fully saturated rings. The summed E-state index contributed by atoms with van der Waals surface area (Å²) in [5, 5.41) is 19.6. The second kappa shape index (κ2) is 10.0. The third kappa shape index (κ3) is 5.79. The van der Waals surface area contributed by atoms with Gasteiger partial charge in [-0.3, -0.25) is 9.59 Å². The summed E-state index contributed by atoms with van der Waals surface area (Å²) in [4.78, 5) is 24.5. The van der Waals surface area contributed by atoms with Crippen molar-refractivity contribution < 1.29 is 14.7 Å². The number of benzene rings is 2. The standard InChI is InChI=1S/C24H28N4O3/c1-16(2)19-10-8-18(9-11-19)15-28-22(12-13-26-28)27-24(31)23(30)25-14-21(29)20-7-5-4-6-17(20)3/h4-13,16,21,29H,14-15H2,1-3H3,(H,25,30)(H,27,31). The van der Waals surface area contributed by atoms with Crippen molar-refractivity contribution in [2.45, 2.75) is 39.3 Å². The van der Waals surface area contributed by atoms with Crippen molar-refractivity contribution in [1.82, 2.24) is 15.1 Å². The van der Waals surface area contributed by atoms with Gasteiger partial charge in [-0.25, -0.2) is 4.68 Å². The van der Waals surface area contributed by atoms with Crippen LogP contribution in [0.25, 0.3) is 0 Å². The van der Waals surface area contributed by atoms with Gasteiger partial charge < -0.3 is 15.7 Å². The number of hydrogen-bond acceptors (Lipinski definition) is 4. The fourth-order valence-corrected chi connectivity index (χ4v) is 3.26. The van der Waals surface area contributed by atoms with Crippen LogP contribution in [0.15, 0.2) is 60.8 Å². The predicted octanol–water partition coefficient (Wildman–Crippen LogP) is 3.15.